The van der Waals surface area contributed by atoms with Gasteiger partial charge >= 0.3 is 0 Å². The number of aliphatic hydroxyl groups excluding tert-OH is 1. The van der Waals surface area contributed by atoms with Gasteiger partial charge in [0.05, 0.1) is 12.1 Å². The van der Waals surface area contributed by atoms with Gasteiger partial charge in [0.1, 0.15) is 17.2 Å². The summed E-state index contributed by atoms with van der Waals surface area (Å²) in [5.74, 6) is 1.21. The lowest BCUT2D eigenvalue weighted by atomic mass is 10.2. The molecule has 0 spiro atoms. The number of thioether (sulfide) groups is 2. The standard InChI is InChI=1S/C18H27N5O3S2/c1-5-7-27-16-12-15(19-17(20-16)28-8-6-2)23(22-21-12)10-9-11(24)14-13(10)25-18(3,4)26-14/h10-11,13-14,24H,5-9H2,1-4H3/t10-,11+,13+,14-/m1/s1. The monoisotopic (exact) mass is 425 g/mol. The number of hydrogen-bond donors (Lipinski definition) is 1. The normalized spacial score (nSPS) is 28.9. The molecular weight excluding hydrogens is 398 g/mol. The van der Waals surface area contributed by atoms with Crippen molar-refractivity contribution in [2.45, 2.75) is 87.3 Å². The molecule has 0 radical (unpaired) electrons. The van der Waals surface area contributed by atoms with E-state index in [0.717, 1.165) is 40.0 Å². The van der Waals surface area contributed by atoms with Crippen LogP contribution in [0.5, 0.6) is 0 Å². The van der Waals surface area contributed by atoms with E-state index in [0.29, 0.717) is 12.1 Å². The molecule has 2 aliphatic rings. The summed E-state index contributed by atoms with van der Waals surface area (Å²) in [7, 11) is 0. The van der Waals surface area contributed by atoms with E-state index in [1.165, 1.54) is 0 Å². The van der Waals surface area contributed by atoms with Crippen LogP contribution in [0.15, 0.2) is 10.2 Å². The van der Waals surface area contributed by atoms with Gasteiger partial charge in [-0.15, -0.1) is 16.9 Å². The van der Waals surface area contributed by atoms with Gasteiger partial charge < -0.3 is 14.6 Å². The number of hydrogen-bond acceptors (Lipinski definition) is 9. The minimum atomic E-state index is -0.718. The Kier molecular flexibility index (Phi) is 5.85. The van der Waals surface area contributed by atoms with E-state index in [-0.39, 0.29) is 18.2 Å². The summed E-state index contributed by atoms with van der Waals surface area (Å²) in [5.41, 5.74) is 1.42. The first kappa shape index (κ1) is 20.3. The van der Waals surface area contributed by atoms with Crippen LogP contribution >= 0.6 is 23.5 Å². The third kappa shape index (κ3) is 3.77. The highest BCUT2D eigenvalue weighted by molar-refractivity contribution is 7.99. The Balaban J connectivity index is 1.73. The first-order valence-corrected chi connectivity index (χ1v) is 11.8. The van der Waals surface area contributed by atoms with Gasteiger partial charge in [-0.25, -0.2) is 14.6 Å². The Morgan fingerprint density at radius 1 is 1.11 bits per heavy atom. The molecule has 1 aliphatic carbocycles. The molecule has 0 aromatic carbocycles. The average Bonchev–Trinajstić information content (AvgIpc) is 3.30. The average molecular weight is 426 g/mol. The smallest absolute Gasteiger partial charge is 0.190 e. The molecule has 0 amide bonds. The first-order valence-electron chi connectivity index (χ1n) is 9.85. The van der Waals surface area contributed by atoms with E-state index < -0.39 is 11.9 Å². The molecule has 4 rings (SSSR count). The molecule has 4 atom stereocenters. The second-order valence-corrected chi connectivity index (χ2v) is 9.80. The quantitative estimate of drug-likeness (QED) is 0.408. The molecule has 1 saturated heterocycles. The molecule has 8 nitrogen and oxygen atoms in total. The molecule has 3 heterocycles. The topological polar surface area (TPSA) is 95.2 Å². The van der Waals surface area contributed by atoms with Gasteiger partial charge in [0.2, 0.25) is 0 Å². The van der Waals surface area contributed by atoms with E-state index in [1.54, 1.807) is 23.5 Å². The van der Waals surface area contributed by atoms with Crippen LogP contribution in [0, 0.1) is 0 Å². The molecule has 0 bridgehead atoms. The lowest BCUT2D eigenvalue weighted by Crippen LogP contribution is -2.29. The van der Waals surface area contributed by atoms with Crippen LogP contribution < -0.4 is 0 Å². The molecule has 1 saturated carbocycles. The van der Waals surface area contributed by atoms with E-state index in [1.807, 2.05) is 18.5 Å². The molecular formula is C18H27N5O3S2. The number of rotatable bonds is 7. The van der Waals surface area contributed by atoms with Crippen molar-refractivity contribution in [3.05, 3.63) is 0 Å². The highest BCUT2D eigenvalue weighted by Gasteiger charge is 2.55. The van der Waals surface area contributed by atoms with Crippen molar-refractivity contribution in [1.82, 2.24) is 25.0 Å². The maximum absolute atomic E-state index is 10.5. The first-order chi connectivity index (χ1) is 13.4. The van der Waals surface area contributed by atoms with Gasteiger partial charge in [-0.2, -0.15) is 0 Å². The summed E-state index contributed by atoms with van der Waals surface area (Å²) in [6.07, 6.45) is 1.39. The summed E-state index contributed by atoms with van der Waals surface area (Å²) in [5, 5.41) is 20.9. The number of ether oxygens (including phenoxy) is 2. The summed E-state index contributed by atoms with van der Waals surface area (Å²) >= 11 is 3.34. The van der Waals surface area contributed by atoms with Crippen molar-refractivity contribution in [2.24, 2.45) is 0 Å². The second kappa shape index (κ2) is 8.06. The summed E-state index contributed by atoms with van der Waals surface area (Å²) in [4.78, 5) is 9.47. The Hall–Kier alpha value is -0.940. The van der Waals surface area contributed by atoms with Crippen molar-refractivity contribution in [3.63, 3.8) is 0 Å². The Labute approximate surface area is 173 Å². The fraction of sp³-hybridized carbons (Fsp3) is 0.778. The Morgan fingerprint density at radius 2 is 1.82 bits per heavy atom. The molecule has 1 N–H and O–H groups in total. The van der Waals surface area contributed by atoms with Crippen LogP contribution in [0.1, 0.15) is 53.0 Å². The van der Waals surface area contributed by atoms with Gasteiger partial charge in [-0.05, 0) is 32.4 Å². The fourth-order valence-corrected chi connectivity index (χ4v) is 5.30. The van der Waals surface area contributed by atoms with Gasteiger partial charge in [0.25, 0.3) is 0 Å². The van der Waals surface area contributed by atoms with Gasteiger partial charge in [0.15, 0.2) is 22.1 Å². The molecule has 2 aromatic heterocycles. The molecule has 154 valence electrons. The second-order valence-electron chi connectivity index (χ2n) is 7.65. The predicted molar refractivity (Wildman–Crippen MR) is 109 cm³/mol. The van der Waals surface area contributed by atoms with Crippen molar-refractivity contribution in [2.75, 3.05) is 11.5 Å². The number of nitrogens with zero attached hydrogens (tertiary/aromatic N) is 5. The third-order valence-corrected chi connectivity index (χ3v) is 7.09. The summed E-state index contributed by atoms with van der Waals surface area (Å²) < 4.78 is 13.8. The van der Waals surface area contributed by atoms with Crippen LogP contribution in [0.3, 0.4) is 0 Å². The van der Waals surface area contributed by atoms with E-state index >= 15 is 0 Å². The van der Waals surface area contributed by atoms with Crippen LogP contribution in [0.25, 0.3) is 11.2 Å². The van der Waals surface area contributed by atoms with Crippen LogP contribution in [0.4, 0.5) is 0 Å². The van der Waals surface area contributed by atoms with Crippen molar-refractivity contribution < 1.29 is 14.6 Å². The maximum atomic E-state index is 10.5. The Morgan fingerprint density at radius 3 is 2.57 bits per heavy atom. The zero-order chi connectivity index (χ0) is 19.9. The minimum Gasteiger partial charge on any atom is -0.390 e. The number of fused-ring (bicyclic) bond motifs is 2. The molecule has 2 fully saturated rings. The molecule has 10 heteroatoms. The fourth-order valence-electron chi connectivity index (χ4n) is 3.73. The third-order valence-electron chi connectivity index (χ3n) is 4.87. The van der Waals surface area contributed by atoms with Gasteiger partial charge in [0, 0.05) is 12.2 Å². The Bertz CT molecular complexity index is 846. The molecule has 2 aromatic rings. The summed E-state index contributed by atoms with van der Waals surface area (Å²) in [6.45, 7) is 8.03. The van der Waals surface area contributed by atoms with Gasteiger partial charge in [-0.3, -0.25) is 0 Å². The van der Waals surface area contributed by atoms with E-state index in [2.05, 4.69) is 24.2 Å². The largest absolute Gasteiger partial charge is 0.390 e. The zero-order valence-corrected chi connectivity index (χ0v) is 18.3. The maximum Gasteiger partial charge on any atom is 0.190 e. The van der Waals surface area contributed by atoms with Crippen LogP contribution in [-0.2, 0) is 9.47 Å². The highest BCUT2D eigenvalue weighted by Crippen LogP contribution is 2.44. The summed E-state index contributed by atoms with van der Waals surface area (Å²) in [6, 6.07) is -0.172. The highest BCUT2D eigenvalue weighted by atomic mass is 32.2. The lowest BCUT2D eigenvalue weighted by Gasteiger charge is -2.22. The van der Waals surface area contributed by atoms with Crippen molar-refractivity contribution in [1.29, 1.82) is 0 Å². The molecule has 0 unspecified atom stereocenters. The van der Waals surface area contributed by atoms with E-state index in [9.17, 15) is 5.11 Å². The van der Waals surface area contributed by atoms with Gasteiger partial charge in [-0.1, -0.05) is 30.8 Å². The van der Waals surface area contributed by atoms with Crippen molar-refractivity contribution in [3.8, 4) is 0 Å². The van der Waals surface area contributed by atoms with Crippen molar-refractivity contribution >= 4 is 34.7 Å². The minimum absolute atomic E-state index is 0.172. The van der Waals surface area contributed by atoms with E-state index in [4.69, 9.17) is 19.4 Å². The zero-order valence-electron chi connectivity index (χ0n) is 16.7. The number of aromatic nitrogens is 5. The van der Waals surface area contributed by atoms with Crippen LogP contribution in [0.2, 0.25) is 0 Å². The molecule has 28 heavy (non-hydrogen) atoms. The lowest BCUT2D eigenvalue weighted by molar-refractivity contribution is -0.165. The SMILES string of the molecule is CCCSc1nc(SCCC)c2nnn([C@@H]3C[C@H](O)[C@H]4OC(C)(C)O[C@H]43)c2n1. The predicted octanol–water partition coefficient (Wildman–Crippen LogP) is 3.05. The molecule has 1 aliphatic heterocycles. The number of aliphatic hydroxyl groups is 1. The van der Waals surface area contributed by atoms with Crippen LogP contribution in [-0.4, -0.2) is 65.7 Å².